The lowest BCUT2D eigenvalue weighted by atomic mass is 10.2. The summed E-state index contributed by atoms with van der Waals surface area (Å²) in [6.45, 7) is 2.49. The number of fused-ring (bicyclic) bond motifs is 1. The van der Waals surface area contributed by atoms with E-state index in [4.69, 9.17) is 5.73 Å². The van der Waals surface area contributed by atoms with E-state index in [1.807, 2.05) is 41.8 Å². The highest BCUT2D eigenvalue weighted by Crippen LogP contribution is 2.26. The Labute approximate surface area is 127 Å². The number of benzene rings is 2. The Morgan fingerprint density at radius 3 is 2.50 bits per heavy atom. The monoisotopic (exact) mass is 301 g/mol. The summed E-state index contributed by atoms with van der Waals surface area (Å²) in [6.07, 6.45) is 0.789. The zero-order valence-corrected chi connectivity index (χ0v) is 12.3. The van der Waals surface area contributed by atoms with Gasteiger partial charge in [0.15, 0.2) is 11.6 Å². The average Bonchev–Trinajstić information content (AvgIpc) is 2.86. The number of nitrogens with two attached hydrogens (primary N) is 1. The van der Waals surface area contributed by atoms with Gasteiger partial charge in [-0.1, -0.05) is 37.3 Å². The summed E-state index contributed by atoms with van der Waals surface area (Å²) in [5.74, 6) is -1.10. The van der Waals surface area contributed by atoms with Gasteiger partial charge in [-0.15, -0.1) is 0 Å². The van der Waals surface area contributed by atoms with Gasteiger partial charge >= 0.3 is 0 Å². The molecule has 0 spiro atoms. The van der Waals surface area contributed by atoms with Crippen LogP contribution in [0.15, 0.2) is 42.5 Å². The van der Waals surface area contributed by atoms with Gasteiger partial charge in [0, 0.05) is 30.3 Å². The molecule has 1 atom stereocenters. The standard InChI is InChI=1S/C17H17F2N3/c1-2-12(20)10-22-16-9-14(19)13(18)8-15(16)21-17(22)11-6-4-3-5-7-11/h3-9,12H,2,10,20H2,1H3. The van der Waals surface area contributed by atoms with Crippen LogP contribution < -0.4 is 5.73 Å². The number of rotatable bonds is 4. The van der Waals surface area contributed by atoms with E-state index in [9.17, 15) is 8.78 Å². The van der Waals surface area contributed by atoms with Crippen molar-refractivity contribution in [1.29, 1.82) is 0 Å². The van der Waals surface area contributed by atoms with Crippen LogP contribution in [-0.2, 0) is 6.54 Å². The number of hydrogen-bond acceptors (Lipinski definition) is 2. The predicted molar refractivity (Wildman–Crippen MR) is 83.4 cm³/mol. The van der Waals surface area contributed by atoms with Crippen molar-refractivity contribution >= 4 is 11.0 Å². The number of halogens is 2. The van der Waals surface area contributed by atoms with Crippen molar-refractivity contribution in [2.45, 2.75) is 25.9 Å². The molecule has 0 radical (unpaired) electrons. The lowest BCUT2D eigenvalue weighted by Gasteiger charge is -2.14. The molecule has 1 aromatic heterocycles. The van der Waals surface area contributed by atoms with E-state index in [0.717, 1.165) is 18.1 Å². The van der Waals surface area contributed by atoms with E-state index in [1.165, 1.54) is 6.07 Å². The molecule has 1 unspecified atom stereocenters. The Hall–Kier alpha value is -2.27. The maximum atomic E-state index is 13.6. The van der Waals surface area contributed by atoms with Crippen molar-refractivity contribution in [3.05, 3.63) is 54.1 Å². The molecule has 3 rings (SSSR count). The predicted octanol–water partition coefficient (Wildman–Crippen LogP) is 3.72. The lowest BCUT2D eigenvalue weighted by Crippen LogP contribution is -2.25. The van der Waals surface area contributed by atoms with Gasteiger partial charge in [0.25, 0.3) is 0 Å². The Morgan fingerprint density at radius 2 is 1.82 bits per heavy atom. The number of aromatic nitrogens is 2. The number of imidazole rings is 1. The van der Waals surface area contributed by atoms with Crippen LogP contribution in [0.2, 0.25) is 0 Å². The van der Waals surface area contributed by atoms with Crippen molar-refractivity contribution in [2.75, 3.05) is 0 Å². The zero-order chi connectivity index (χ0) is 15.7. The zero-order valence-electron chi connectivity index (χ0n) is 12.3. The van der Waals surface area contributed by atoms with Gasteiger partial charge in [-0.25, -0.2) is 13.8 Å². The fourth-order valence-corrected chi connectivity index (χ4v) is 2.48. The van der Waals surface area contributed by atoms with E-state index < -0.39 is 11.6 Å². The average molecular weight is 301 g/mol. The Morgan fingerprint density at radius 1 is 1.14 bits per heavy atom. The first-order valence-electron chi connectivity index (χ1n) is 7.26. The maximum Gasteiger partial charge on any atom is 0.161 e. The third kappa shape index (κ3) is 2.60. The molecule has 0 amide bonds. The number of hydrogen-bond donors (Lipinski definition) is 1. The first-order valence-corrected chi connectivity index (χ1v) is 7.26. The summed E-state index contributed by atoms with van der Waals surface area (Å²) >= 11 is 0. The van der Waals surface area contributed by atoms with Gasteiger partial charge in [-0.05, 0) is 6.42 Å². The fourth-order valence-electron chi connectivity index (χ4n) is 2.48. The summed E-state index contributed by atoms with van der Waals surface area (Å²) in [7, 11) is 0. The maximum absolute atomic E-state index is 13.6. The Kier molecular flexibility index (Phi) is 3.90. The molecule has 1 heterocycles. The van der Waals surface area contributed by atoms with Crippen molar-refractivity contribution in [2.24, 2.45) is 5.73 Å². The molecular weight excluding hydrogens is 284 g/mol. The summed E-state index contributed by atoms with van der Waals surface area (Å²) in [5.41, 5.74) is 7.93. The highest BCUT2D eigenvalue weighted by Gasteiger charge is 2.17. The molecular formula is C17H17F2N3. The highest BCUT2D eigenvalue weighted by molar-refractivity contribution is 5.80. The van der Waals surface area contributed by atoms with Gasteiger partial charge in [0.1, 0.15) is 5.82 Å². The third-order valence-corrected chi connectivity index (χ3v) is 3.76. The third-order valence-electron chi connectivity index (χ3n) is 3.76. The first kappa shape index (κ1) is 14.7. The second-order valence-electron chi connectivity index (χ2n) is 5.34. The summed E-state index contributed by atoms with van der Waals surface area (Å²) < 4.78 is 28.9. The molecule has 3 aromatic rings. The quantitative estimate of drug-likeness (QED) is 0.798. The van der Waals surface area contributed by atoms with Crippen LogP contribution in [0, 0.1) is 11.6 Å². The van der Waals surface area contributed by atoms with Crippen LogP contribution in [0.4, 0.5) is 8.78 Å². The van der Waals surface area contributed by atoms with Crippen LogP contribution >= 0.6 is 0 Å². The van der Waals surface area contributed by atoms with Gasteiger partial charge in [-0.3, -0.25) is 0 Å². The van der Waals surface area contributed by atoms with Gasteiger partial charge in [0.05, 0.1) is 11.0 Å². The molecule has 0 aliphatic rings. The topological polar surface area (TPSA) is 43.8 Å². The second-order valence-corrected chi connectivity index (χ2v) is 5.34. The molecule has 0 saturated heterocycles. The Bertz CT molecular complexity index is 797. The van der Waals surface area contributed by atoms with Crippen molar-refractivity contribution in [3.63, 3.8) is 0 Å². The fraction of sp³-hybridized carbons (Fsp3) is 0.235. The van der Waals surface area contributed by atoms with Crippen LogP contribution in [0.1, 0.15) is 13.3 Å². The van der Waals surface area contributed by atoms with Crippen molar-refractivity contribution in [3.8, 4) is 11.4 Å². The molecule has 0 saturated carbocycles. The second kappa shape index (κ2) is 5.85. The lowest BCUT2D eigenvalue weighted by molar-refractivity contribution is 0.509. The normalized spacial score (nSPS) is 12.7. The number of nitrogens with zero attached hydrogens (tertiary/aromatic N) is 2. The van der Waals surface area contributed by atoms with E-state index in [-0.39, 0.29) is 6.04 Å². The van der Waals surface area contributed by atoms with Crippen LogP contribution in [0.25, 0.3) is 22.4 Å². The molecule has 22 heavy (non-hydrogen) atoms. The first-order chi connectivity index (χ1) is 10.6. The van der Waals surface area contributed by atoms with E-state index >= 15 is 0 Å². The van der Waals surface area contributed by atoms with Crippen LogP contribution in [-0.4, -0.2) is 15.6 Å². The molecule has 0 bridgehead atoms. The molecule has 5 heteroatoms. The highest BCUT2D eigenvalue weighted by atomic mass is 19.2. The van der Waals surface area contributed by atoms with Crippen molar-refractivity contribution < 1.29 is 8.78 Å². The van der Waals surface area contributed by atoms with E-state index in [2.05, 4.69) is 4.98 Å². The smallest absolute Gasteiger partial charge is 0.161 e. The SMILES string of the molecule is CCC(N)Cn1c(-c2ccccc2)nc2cc(F)c(F)cc21. The van der Waals surface area contributed by atoms with Crippen LogP contribution in [0.3, 0.4) is 0 Å². The summed E-state index contributed by atoms with van der Waals surface area (Å²) in [6, 6.07) is 11.8. The van der Waals surface area contributed by atoms with E-state index in [0.29, 0.717) is 23.4 Å². The minimum atomic E-state index is -0.892. The molecule has 0 fully saturated rings. The molecule has 3 nitrogen and oxygen atoms in total. The minimum absolute atomic E-state index is 0.0759. The molecule has 2 N–H and O–H groups in total. The van der Waals surface area contributed by atoms with Crippen molar-refractivity contribution in [1.82, 2.24) is 9.55 Å². The summed E-state index contributed by atoms with van der Waals surface area (Å²) in [5, 5.41) is 0. The van der Waals surface area contributed by atoms with Gasteiger partial charge < -0.3 is 10.3 Å². The molecule has 114 valence electrons. The van der Waals surface area contributed by atoms with Crippen LogP contribution in [0.5, 0.6) is 0 Å². The Balaban J connectivity index is 2.23. The molecule has 2 aromatic carbocycles. The van der Waals surface area contributed by atoms with Gasteiger partial charge in [-0.2, -0.15) is 0 Å². The molecule has 0 aliphatic heterocycles. The largest absolute Gasteiger partial charge is 0.326 e. The summed E-state index contributed by atoms with van der Waals surface area (Å²) in [4.78, 5) is 4.47. The minimum Gasteiger partial charge on any atom is -0.326 e. The van der Waals surface area contributed by atoms with E-state index in [1.54, 1.807) is 0 Å². The molecule has 0 aliphatic carbocycles. The van der Waals surface area contributed by atoms with Gasteiger partial charge in [0.2, 0.25) is 0 Å².